The minimum absolute atomic E-state index is 0.0817. The highest BCUT2D eigenvalue weighted by atomic mass is 32.2. The van der Waals surface area contributed by atoms with Crippen LogP contribution in [0, 0.1) is 0 Å². The molecular weight excluding hydrogens is 559 g/mol. The van der Waals surface area contributed by atoms with Gasteiger partial charge in [-0.1, -0.05) is 80.6 Å². The third kappa shape index (κ3) is 3.50. The van der Waals surface area contributed by atoms with Crippen LogP contribution in [0.5, 0.6) is 0 Å². The summed E-state index contributed by atoms with van der Waals surface area (Å²) < 4.78 is 31.5. The van der Waals surface area contributed by atoms with Gasteiger partial charge < -0.3 is 4.90 Å². The van der Waals surface area contributed by atoms with Gasteiger partial charge in [-0.15, -0.1) is 0 Å². The van der Waals surface area contributed by atoms with Crippen molar-refractivity contribution in [2.24, 2.45) is 0 Å². The van der Waals surface area contributed by atoms with Crippen LogP contribution in [-0.4, -0.2) is 17.8 Å². The van der Waals surface area contributed by atoms with Gasteiger partial charge in [0.25, 0.3) is 0 Å². The fraction of sp³-hybridized carbons (Fsp3) is 0.0857. The Morgan fingerprint density at radius 2 is 1.26 bits per heavy atom. The van der Waals surface area contributed by atoms with E-state index >= 15 is 0 Å². The van der Waals surface area contributed by atoms with E-state index in [-0.39, 0.29) is 5.41 Å². The van der Waals surface area contributed by atoms with E-state index in [9.17, 15) is 8.42 Å². The second-order valence-corrected chi connectivity index (χ2v) is 13.8. The standard InChI is InChI=1S/C35H25N3O2S2/c1-35(2)26-12-4-3-10-24(26)32-25(11-9-13-27(32)35)33-36-34(41-37-33)22-18-20-23(21-19-22)38-28-14-5-7-16-30(28)42(39,40)31-17-8-6-15-29(31)38/h3-21H,1-2H3. The van der Waals surface area contributed by atoms with Crippen molar-refractivity contribution in [3.05, 3.63) is 126 Å². The van der Waals surface area contributed by atoms with Gasteiger partial charge in [0.15, 0.2) is 5.82 Å². The molecule has 8 rings (SSSR count). The van der Waals surface area contributed by atoms with Crippen molar-refractivity contribution >= 4 is 38.4 Å². The molecule has 5 nitrogen and oxygen atoms in total. The maximum Gasteiger partial charge on any atom is 0.210 e. The molecule has 0 atom stereocenters. The Labute approximate surface area is 248 Å². The Kier molecular flexibility index (Phi) is 5.36. The van der Waals surface area contributed by atoms with Gasteiger partial charge in [-0.3, -0.25) is 0 Å². The highest BCUT2D eigenvalue weighted by Gasteiger charge is 2.37. The van der Waals surface area contributed by atoms with Crippen LogP contribution in [-0.2, 0) is 15.3 Å². The van der Waals surface area contributed by atoms with Crippen LogP contribution >= 0.6 is 11.5 Å². The number of benzene rings is 5. The lowest BCUT2D eigenvalue weighted by atomic mass is 9.82. The molecular formula is C35H25N3O2S2. The molecule has 0 radical (unpaired) electrons. The molecule has 2 aliphatic rings. The fourth-order valence-corrected chi connectivity index (χ4v) is 8.71. The average molecular weight is 584 g/mol. The minimum atomic E-state index is -3.61. The van der Waals surface area contributed by atoms with E-state index in [0.717, 1.165) is 27.6 Å². The molecule has 0 spiro atoms. The first-order valence-electron chi connectivity index (χ1n) is 13.8. The number of para-hydroxylation sites is 2. The van der Waals surface area contributed by atoms with Crippen molar-refractivity contribution in [2.45, 2.75) is 29.1 Å². The summed E-state index contributed by atoms with van der Waals surface area (Å²) in [5, 5.41) is 0.835. The first-order chi connectivity index (χ1) is 20.4. The first-order valence-corrected chi connectivity index (χ1v) is 16.0. The van der Waals surface area contributed by atoms with E-state index < -0.39 is 9.84 Å². The average Bonchev–Trinajstić information content (AvgIpc) is 3.60. The summed E-state index contributed by atoms with van der Waals surface area (Å²) in [6, 6.07) is 37.4. The lowest BCUT2D eigenvalue weighted by molar-refractivity contribution is 0.595. The second kappa shape index (κ2) is 8.95. The summed E-state index contributed by atoms with van der Waals surface area (Å²) in [5.74, 6) is 0.729. The minimum Gasteiger partial charge on any atom is -0.308 e. The Bertz CT molecular complexity index is 2090. The zero-order valence-corrected chi connectivity index (χ0v) is 24.6. The maximum absolute atomic E-state index is 13.4. The van der Waals surface area contributed by atoms with E-state index in [4.69, 9.17) is 9.36 Å². The Morgan fingerprint density at radius 1 is 0.667 bits per heavy atom. The molecule has 1 aliphatic heterocycles. The number of anilines is 3. The molecule has 0 unspecified atom stereocenters. The van der Waals surface area contributed by atoms with E-state index in [1.165, 1.54) is 33.8 Å². The predicted molar refractivity (Wildman–Crippen MR) is 168 cm³/mol. The number of nitrogens with zero attached hydrogens (tertiary/aromatic N) is 3. The molecule has 7 heteroatoms. The summed E-state index contributed by atoms with van der Waals surface area (Å²) in [6.45, 7) is 4.55. The van der Waals surface area contributed by atoms with Gasteiger partial charge in [0, 0.05) is 22.2 Å². The van der Waals surface area contributed by atoms with Gasteiger partial charge >= 0.3 is 0 Å². The molecule has 2 heterocycles. The van der Waals surface area contributed by atoms with Gasteiger partial charge in [-0.2, -0.15) is 4.37 Å². The summed E-state index contributed by atoms with van der Waals surface area (Å²) in [4.78, 5) is 7.62. The van der Waals surface area contributed by atoms with Crippen molar-refractivity contribution in [3.63, 3.8) is 0 Å². The number of rotatable bonds is 3. The molecule has 204 valence electrons. The topological polar surface area (TPSA) is 63.2 Å². The first kappa shape index (κ1) is 25.1. The highest BCUT2D eigenvalue weighted by molar-refractivity contribution is 7.92. The SMILES string of the molecule is CC1(C)c2ccccc2-c2c(-c3nsc(-c4ccc(N5c6ccccc6S(=O)(=O)c6ccccc65)cc4)n3)cccc21. The van der Waals surface area contributed by atoms with E-state index in [0.29, 0.717) is 21.2 Å². The Hall–Kier alpha value is -4.59. The smallest absolute Gasteiger partial charge is 0.210 e. The summed E-state index contributed by atoms with van der Waals surface area (Å²) in [6.07, 6.45) is 0. The van der Waals surface area contributed by atoms with Gasteiger partial charge in [0.1, 0.15) is 5.01 Å². The molecule has 1 aliphatic carbocycles. The molecule has 0 amide bonds. The molecule has 0 saturated carbocycles. The second-order valence-electron chi connectivity index (χ2n) is 11.1. The molecule has 0 saturated heterocycles. The van der Waals surface area contributed by atoms with Crippen LogP contribution in [0.15, 0.2) is 125 Å². The van der Waals surface area contributed by atoms with E-state index in [2.05, 4.69) is 56.3 Å². The van der Waals surface area contributed by atoms with Gasteiger partial charge in [0.05, 0.1) is 21.2 Å². The summed E-state index contributed by atoms with van der Waals surface area (Å²) >= 11 is 1.39. The third-order valence-electron chi connectivity index (χ3n) is 8.44. The number of hydrogen-bond donors (Lipinski definition) is 0. The van der Waals surface area contributed by atoms with Crippen LogP contribution in [0.25, 0.3) is 33.1 Å². The van der Waals surface area contributed by atoms with Gasteiger partial charge in [-0.05, 0) is 82.3 Å². The summed E-state index contributed by atoms with van der Waals surface area (Å²) in [7, 11) is -3.61. The molecule has 0 bridgehead atoms. The normalized spacial score (nSPS) is 15.4. The Morgan fingerprint density at radius 3 is 1.98 bits per heavy atom. The number of fused-ring (bicyclic) bond motifs is 5. The molecule has 1 aromatic heterocycles. The molecule has 42 heavy (non-hydrogen) atoms. The monoisotopic (exact) mass is 583 g/mol. The van der Waals surface area contributed by atoms with Crippen molar-refractivity contribution in [3.8, 4) is 33.1 Å². The van der Waals surface area contributed by atoms with Crippen LogP contribution in [0.3, 0.4) is 0 Å². The lowest BCUT2D eigenvalue weighted by Gasteiger charge is -2.32. The highest BCUT2D eigenvalue weighted by Crippen LogP contribution is 2.52. The zero-order chi connectivity index (χ0) is 28.6. The maximum atomic E-state index is 13.4. The van der Waals surface area contributed by atoms with Crippen molar-refractivity contribution < 1.29 is 8.42 Å². The quantitative estimate of drug-likeness (QED) is 0.208. The van der Waals surface area contributed by atoms with Crippen LogP contribution in [0.4, 0.5) is 17.1 Å². The van der Waals surface area contributed by atoms with Crippen molar-refractivity contribution in [1.29, 1.82) is 0 Å². The zero-order valence-electron chi connectivity index (χ0n) is 22.9. The predicted octanol–water partition coefficient (Wildman–Crippen LogP) is 8.79. The number of hydrogen-bond acceptors (Lipinski definition) is 6. The number of sulfone groups is 1. The Balaban J connectivity index is 1.18. The van der Waals surface area contributed by atoms with Crippen LogP contribution < -0.4 is 4.90 Å². The van der Waals surface area contributed by atoms with E-state index in [1.54, 1.807) is 24.3 Å². The third-order valence-corrected chi connectivity index (χ3v) is 11.1. The fourth-order valence-electron chi connectivity index (χ4n) is 6.41. The van der Waals surface area contributed by atoms with Crippen molar-refractivity contribution in [1.82, 2.24) is 9.36 Å². The molecule has 5 aromatic carbocycles. The van der Waals surface area contributed by atoms with Gasteiger partial charge in [-0.25, -0.2) is 13.4 Å². The largest absolute Gasteiger partial charge is 0.308 e. The van der Waals surface area contributed by atoms with Crippen molar-refractivity contribution in [2.75, 3.05) is 4.90 Å². The molecule has 0 N–H and O–H groups in total. The van der Waals surface area contributed by atoms with Crippen LogP contribution in [0.2, 0.25) is 0 Å². The molecule has 6 aromatic rings. The number of aromatic nitrogens is 2. The lowest BCUT2D eigenvalue weighted by Crippen LogP contribution is -2.21. The van der Waals surface area contributed by atoms with E-state index in [1.807, 2.05) is 53.4 Å². The van der Waals surface area contributed by atoms with Crippen LogP contribution in [0.1, 0.15) is 25.0 Å². The summed E-state index contributed by atoms with van der Waals surface area (Å²) in [5.41, 5.74) is 9.17. The molecule has 0 fully saturated rings. The van der Waals surface area contributed by atoms with Gasteiger partial charge in [0.2, 0.25) is 9.84 Å².